The molecular weight excluding hydrogens is 172 g/mol. The van der Waals surface area contributed by atoms with Gasteiger partial charge in [-0.3, -0.25) is 0 Å². The van der Waals surface area contributed by atoms with Gasteiger partial charge in [-0.25, -0.2) is 0 Å². The van der Waals surface area contributed by atoms with Crippen molar-refractivity contribution in [1.29, 1.82) is 0 Å². The van der Waals surface area contributed by atoms with Gasteiger partial charge in [0.05, 0.1) is 0 Å². The molecule has 1 atom stereocenters. The summed E-state index contributed by atoms with van der Waals surface area (Å²) in [5.74, 6) is 0. The van der Waals surface area contributed by atoms with Gasteiger partial charge in [0.25, 0.3) is 0 Å². The van der Waals surface area contributed by atoms with Gasteiger partial charge in [0.2, 0.25) is 0 Å². The molecule has 0 spiro atoms. The van der Waals surface area contributed by atoms with E-state index >= 15 is 0 Å². The lowest BCUT2D eigenvalue weighted by molar-refractivity contribution is 0.159. The summed E-state index contributed by atoms with van der Waals surface area (Å²) in [6.45, 7) is 6.76. The Balaban J connectivity index is 2.28. The molecule has 1 aliphatic rings. The van der Waals surface area contributed by atoms with Gasteiger partial charge in [0.1, 0.15) is 0 Å². The van der Waals surface area contributed by atoms with Crippen LogP contribution in [0.1, 0.15) is 52.4 Å². The van der Waals surface area contributed by atoms with E-state index in [-0.39, 0.29) is 0 Å². The third-order valence-electron chi connectivity index (χ3n) is 3.37. The molecule has 0 aromatic carbocycles. The highest BCUT2D eigenvalue weighted by molar-refractivity contribution is 4.75. The predicted octanol–water partition coefficient (Wildman–Crippen LogP) is 2.38. The Morgan fingerprint density at radius 1 is 1.29 bits per heavy atom. The second-order valence-electron chi connectivity index (χ2n) is 4.69. The average Bonchev–Trinajstić information content (AvgIpc) is 2.20. The van der Waals surface area contributed by atoms with Crippen molar-refractivity contribution in [1.82, 2.24) is 4.90 Å². The van der Waals surface area contributed by atoms with Gasteiger partial charge in [-0.15, -0.1) is 0 Å². The maximum Gasteiger partial charge on any atom is 0.00951 e. The third-order valence-corrected chi connectivity index (χ3v) is 3.37. The fraction of sp³-hybridized carbons (Fsp3) is 1.00. The fourth-order valence-corrected chi connectivity index (χ4v) is 2.41. The minimum Gasteiger partial charge on any atom is -0.328 e. The second-order valence-corrected chi connectivity index (χ2v) is 4.69. The van der Waals surface area contributed by atoms with Crippen LogP contribution in [0, 0.1) is 0 Å². The van der Waals surface area contributed by atoms with Crippen molar-refractivity contribution in [3.63, 3.8) is 0 Å². The highest BCUT2D eigenvalue weighted by Gasteiger charge is 2.19. The summed E-state index contributed by atoms with van der Waals surface area (Å²) < 4.78 is 0. The summed E-state index contributed by atoms with van der Waals surface area (Å²) in [6.07, 6.45) is 8.27. The molecule has 2 N–H and O–H groups in total. The van der Waals surface area contributed by atoms with Crippen LogP contribution in [0.4, 0.5) is 0 Å². The first-order valence-corrected chi connectivity index (χ1v) is 6.23. The van der Waals surface area contributed by atoms with E-state index in [1.807, 2.05) is 0 Å². The zero-order valence-corrected chi connectivity index (χ0v) is 9.84. The summed E-state index contributed by atoms with van der Waals surface area (Å²) in [7, 11) is 0. The van der Waals surface area contributed by atoms with Crippen molar-refractivity contribution in [2.24, 2.45) is 5.73 Å². The molecular formula is C12H26N2. The maximum atomic E-state index is 5.80. The monoisotopic (exact) mass is 198 g/mol. The molecule has 14 heavy (non-hydrogen) atoms. The summed E-state index contributed by atoms with van der Waals surface area (Å²) in [4.78, 5) is 2.63. The van der Waals surface area contributed by atoms with E-state index in [2.05, 4.69) is 18.7 Å². The van der Waals surface area contributed by atoms with Crippen LogP contribution >= 0.6 is 0 Å². The van der Waals surface area contributed by atoms with Crippen LogP contribution < -0.4 is 5.73 Å². The van der Waals surface area contributed by atoms with E-state index in [9.17, 15) is 0 Å². The predicted molar refractivity (Wildman–Crippen MR) is 62.4 cm³/mol. The lowest BCUT2D eigenvalue weighted by atomic mass is 9.94. The van der Waals surface area contributed by atoms with Crippen LogP contribution in [0.3, 0.4) is 0 Å². The van der Waals surface area contributed by atoms with E-state index in [1.165, 1.54) is 45.2 Å². The molecule has 0 heterocycles. The quantitative estimate of drug-likeness (QED) is 0.735. The highest BCUT2D eigenvalue weighted by Crippen LogP contribution is 2.22. The Labute approximate surface area is 88.8 Å². The molecule has 1 saturated carbocycles. The minimum absolute atomic E-state index is 0.354. The first-order chi connectivity index (χ1) is 6.74. The SMILES string of the molecule is CCN(CCC(C)N)C1CCCCC1. The van der Waals surface area contributed by atoms with Crippen molar-refractivity contribution in [2.75, 3.05) is 13.1 Å². The van der Waals surface area contributed by atoms with E-state index in [1.54, 1.807) is 0 Å². The van der Waals surface area contributed by atoms with Gasteiger partial charge in [-0.2, -0.15) is 0 Å². The summed E-state index contributed by atoms with van der Waals surface area (Å²) in [6, 6.07) is 1.21. The van der Waals surface area contributed by atoms with Crippen LogP contribution in [-0.4, -0.2) is 30.1 Å². The Kier molecular flexibility index (Phi) is 5.49. The first-order valence-electron chi connectivity index (χ1n) is 6.23. The van der Waals surface area contributed by atoms with Crippen LogP contribution in [0.25, 0.3) is 0 Å². The van der Waals surface area contributed by atoms with Crippen LogP contribution in [-0.2, 0) is 0 Å². The highest BCUT2D eigenvalue weighted by atomic mass is 15.1. The first kappa shape index (κ1) is 12.0. The molecule has 0 aliphatic heterocycles. The molecule has 0 radical (unpaired) electrons. The molecule has 2 nitrogen and oxygen atoms in total. The summed E-state index contributed by atoms with van der Waals surface area (Å²) in [5, 5.41) is 0. The van der Waals surface area contributed by atoms with Crippen molar-refractivity contribution in [3.8, 4) is 0 Å². The molecule has 0 bridgehead atoms. The number of nitrogens with two attached hydrogens (primary N) is 1. The molecule has 1 aliphatic carbocycles. The second kappa shape index (κ2) is 6.41. The van der Waals surface area contributed by atoms with Crippen LogP contribution in [0.15, 0.2) is 0 Å². The molecule has 1 unspecified atom stereocenters. The van der Waals surface area contributed by atoms with E-state index < -0.39 is 0 Å². The van der Waals surface area contributed by atoms with Crippen molar-refractivity contribution >= 4 is 0 Å². The number of hydrogen-bond acceptors (Lipinski definition) is 2. The summed E-state index contributed by atoms with van der Waals surface area (Å²) >= 11 is 0. The van der Waals surface area contributed by atoms with Gasteiger partial charge < -0.3 is 10.6 Å². The zero-order chi connectivity index (χ0) is 10.4. The van der Waals surface area contributed by atoms with Crippen LogP contribution in [0.5, 0.6) is 0 Å². The fourth-order valence-electron chi connectivity index (χ4n) is 2.41. The van der Waals surface area contributed by atoms with Crippen molar-refractivity contribution in [2.45, 2.75) is 64.5 Å². The molecule has 84 valence electrons. The Bertz CT molecular complexity index is 139. The molecule has 0 amide bonds. The molecule has 1 fully saturated rings. The zero-order valence-electron chi connectivity index (χ0n) is 9.84. The number of hydrogen-bond donors (Lipinski definition) is 1. The number of rotatable bonds is 5. The lowest BCUT2D eigenvalue weighted by Crippen LogP contribution is -2.39. The van der Waals surface area contributed by atoms with Gasteiger partial charge >= 0.3 is 0 Å². The minimum atomic E-state index is 0.354. The maximum absolute atomic E-state index is 5.80. The largest absolute Gasteiger partial charge is 0.328 e. The van der Waals surface area contributed by atoms with E-state index in [0.29, 0.717) is 6.04 Å². The molecule has 2 heteroatoms. The standard InChI is InChI=1S/C12H26N2/c1-3-14(10-9-11(2)13)12-7-5-4-6-8-12/h11-12H,3-10,13H2,1-2H3. The van der Waals surface area contributed by atoms with Gasteiger partial charge in [-0.05, 0) is 39.3 Å². The summed E-state index contributed by atoms with van der Waals surface area (Å²) in [5.41, 5.74) is 5.80. The van der Waals surface area contributed by atoms with Crippen molar-refractivity contribution < 1.29 is 0 Å². The van der Waals surface area contributed by atoms with Crippen LogP contribution in [0.2, 0.25) is 0 Å². The third kappa shape index (κ3) is 3.97. The lowest BCUT2D eigenvalue weighted by Gasteiger charge is -2.33. The molecule has 0 saturated heterocycles. The average molecular weight is 198 g/mol. The topological polar surface area (TPSA) is 29.3 Å². The normalized spacial score (nSPS) is 21.4. The molecule has 1 rings (SSSR count). The Hall–Kier alpha value is -0.0800. The Morgan fingerprint density at radius 3 is 2.43 bits per heavy atom. The van der Waals surface area contributed by atoms with Gasteiger partial charge in [0.15, 0.2) is 0 Å². The van der Waals surface area contributed by atoms with Gasteiger partial charge in [0, 0.05) is 12.1 Å². The van der Waals surface area contributed by atoms with Gasteiger partial charge in [-0.1, -0.05) is 26.2 Å². The molecule has 0 aromatic rings. The Morgan fingerprint density at radius 2 is 1.93 bits per heavy atom. The van der Waals surface area contributed by atoms with E-state index in [0.717, 1.165) is 12.5 Å². The number of nitrogens with zero attached hydrogens (tertiary/aromatic N) is 1. The van der Waals surface area contributed by atoms with Crippen molar-refractivity contribution in [3.05, 3.63) is 0 Å². The smallest absolute Gasteiger partial charge is 0.00951 e. The van der Waals surface area contributed by atoms with E-state index in [4.69, 9.17) is 5.73 Å². The molecule has 0 aromatic heterocycles.